The summed E-state index contributed by atoms with van der Waals surface area (Å²) in [5, 5.41) is 0. The van der Waals surface area contributed by atoms with Crippen molar-refractivity contribution in [1.82, 2.24) is 0 Å². The lowest BCUT2D eigenvalue weighted by molar-refractivity contribution is -0.0179. The van der Waals surface area contributed by atoms with Crippen LogP contribution in [0.2, 0.25) is 0 Å². The quantitative estimate of drug-likeness (QED) is 0.812. The van der Waals surface area contributed by atoms with Crippen molar-refractivity contribution in [3.63, 3.8) is 0 Å². The van der Waals surface area contributed by atoms with E-state index < -0.39 is 0 Å². The van der Waals surface area contributed by atoms with E-state index in [2.05, 4.69) is 13.8 Å². The number of hydrogen-bond acceptors (Lipinski definition) is 3. The Labute approximate surface area is 122 Å². The Kier molecular flexibility index (Phi) is 5.86. The molecule has 1 saturated carbocycles. The summed E-state index contributed by atoms with van der Waals surface area (Å²) in [6.07, 6.45) is 3.59. The van der Waals surface area contributed by atoms with Gasteiger partial charge in [0.2, 0.25) is 0 Å². The second-order valence-electron chi connectivity index (χ2n) is 6.05. The van der Waals surface area contributed by atoms with Gasteiger partial charge in [0, 0.05) is 6.04 Å². The second kappa shape index (κ2) is 7.65. The van der Waals surface area contributed by atoms with Crippen LogP contribution in [0.1, 0.15) is 33.1 Å². The Morgan fingerprint density at radius 1 is 1.15 bits per heavy atom. The Balaban J connectivity index is 1.70. The monoisotopic (exact) mass is 277 g/mol. The zero-order valence-electron chi connectivity index (χ0n) is 12.6. The Morgan fingerprint density at radius 2 is 1.90 bits per heavy atom. The summed E-state index contributed by atoms with van der Waals surface area (Å²) in [6.45, 7) is 5.77. The Morgan fingerprint density at radius 3 is 2.60 bits per heavy atom. The second-order valence-corrected chi connectivity index (χ2v) is 6.05. The summed E-state index contributed by atoms with van der Waals surface area (Å²) in [5.41, 5.74) is 6.17. The van der Waals surface area contributed by atoms with E-state index in [0.29, 0.717) is 19.1 Å². The summed E-state index contributed by atoms with van der Waals surface area (Å²) < 4.78 is 11.6. The van der Waals surface area contributed by atoms with Crippen molar-refractivity contribution in [1.29, 1.82) is 0 Å². The zero-order chi connectivity index (χ0) is 14.4. The number of hydrogen-bond donors (Lipinski definition) is 1. The standard InChI is InChI=1S/C17H27NO2/c1-13(2)14-8-9-16(18)17(12-14)20-11-10-19-15-6-4-3-5-7-15/h3-7,13-14,16-17H,8-12,18H2,1-2H3. The molecular formula is C17H27NO2. The van der Waals surface area contributed by atoms with Gasteiger partial charge in [-0.05, 0) is 43.2 Å². The fourth-order valence-electron chi connectivity index (χ4n) is 2.86. The van der Waals surface area contributed by atoms with Gasteiger partial charge in [-0.2, -0.15) is 0 Å². The first-order valence-electron chi connectivity index (χ1n) is 7.72. The average Bonchev–Trinajstić information content (AvgIpc) is 2.46. The minimum atomic E-state index is 0.182. The molecule has 1 aromatic carbocycles. The first kappa shape index (κ1) is 15.3. The van der Waals surface area contributed by atoms with Gasteiger partial charge in [-0.1, -0.05) is 32.0 Å². The molecule has 0 aliphatic heterocycles. The van der Waals surface area contributed by atoms with Gasteiger partial charge in [0.15, 0.2) is 0 Å². The molecule has 112 valence electrons. The lowest BCUT2D eigenvalue weighted by Crippen LogP contribution is -2.43. The van der Waals surface area contributed by atoms with Crippen LogP contribution < -0.4 is 10.5 Å². The number of ether oxygens (including phenoxy) is 2. The van der Waals surface area contributed by atoms with Gasteiger partial charge in [-0.3, -0.25) is 0 Å². The number of rotatable bonds is 6. The third-order valence-corrected chi connectivity index (χ3v) is 4.25. The fraction of sp³-hybridized carbons (Fsp3) is 0.647. The van der Waals surface area contributed by atoms with Crippen molar-refractivity contribution in [2.75, 3.05) is 13.2 Å². The van der Waals surface area contributed by atoms with Crippen LogP contribution in [-0.4, -0.2) is 25.4 Å². The van der Waals surface area contributed by atoms with Crippen LogP contribution in [0.4, 0.5) is 0 Å². The summed E-state index contributed by atoms with van der Waals surface area (Å²) in [7, 11) is 0. The van der Waals surface area contributed by atoms with Crippen molar-refractivity contribution in [3.05, 3.63) is 30.3 Å². The van der Waals surface area contributed by atoms with E-state index in [0.717, 1.165) is 24.5 Å². The molecule has 3 heteroatoms. The van der Waals surface area contributed by atoms with E-state index in [-0.39, 0.29) is 12.1 Å². The molecule has 0 heterocycles. The lowest BCUT2D eigenvalue weighted by atomic mass is 9.78. The maximum atomic E-state index is 6.17. The molecule has 3 unspecified atom stereocenters. The Bertz CT molecular complexity index is 380. The summed E-state index contributed by atoms with van der Waals surface area (Å²) in [6, 6.07) is 10.0. The topological polar surface area (TPSA) is 44.5 Å². The van der Waals surface area contributed by atoms with Crippen LogP contribution in [0, 0.1) is 11.8 Å². The summed E-state index contributed by atoms with van der Waals surface area (Å²) in [5.74, 6) is 2.35. The van der Waals surface area contributed by atoms with Gasteiger partial charge in [0.25, 0.3) is 0 Å². The van der Waals surface area contributed by atoms with Gasteiger partial charge in [-0.15, -0.1) is 0 Å². The molecule has 1 aliphatic carbocycles. The van der Waals surface area contributed by atoms with E-state index in [1.54, 1.807) is 0 Å². The molecule has 2 rings (SSSR count). The largest absolute Gasteiger partial charge is 0.491 e. The molecule has 2 N–H and O–H groups in total. The molecule has 1 fully saturated rings. The normalized spacial score (nSPS) is 26.7. The molecule has 20 heavy (non-hydrogen) atoms. The lowest BCUT2D eigenvalue weighted by Gasteiger charge is -2.35. The van der Waals surface area contributed by atoms with Crippen LogP contribution in [0.25, 0.3) is 0 Å². The van der Waals surface area contributed by atoms with Gasteiger partial charge >= 0.3 is 0 Å². The first-order chi connectivity index (χ1) is 9.66. The predicted molar refractivity (Wildman–Crippen MR) is 81.8 cm³/mol. The fourth-order valence-corrected chi connectivity index (χ4v) is 2.86. The van der Waals surface area contributed by atoms with E-state index in [1.165, 1.54) is 6.42 Å². The molecule has 0 saturated heterocycles. The minimum Gasteiger partial charge on any atom is -0.491 e. The number of para-hydroxylation sites is 1. The molecule has 0 amide bonds. The molecule has 1 aliphatic rings. The molecule has 0 bridgehead atoms. The van der Waals surface area contributed by atoms with Crippen LogP contribution >= 0.6 is 0 Å². The zero-order valence-corrected chi connectivity index (χ0v) is 12.6. The number of nitrogens with two attached hydrogens (primary N) is 1. The molecule has 3 nitrogen and oxygen atoms in total. The van der Waals surface area contributed by atoms with Crippen LogP contribution in [-0.2, 0) is 4.74 Å². The van der Waals surface area contributed by atoms with E-state index in [9.17, 15) is 0 Å². The third-order valence-electron chi connectivity index (χ3n) is 4.25. The summed E-state index contributed by atoms with van der Waals surface area (Å²) >= 11 is 0. The molecule has 0 aromatic heterocycles. The highest BCUT2D eigenvalue weighted by atomic mass is 16.5. The van der Waals surface area contributed by atoms with Gasteiger partial charge in [-0.25, -0.2) is 0 Å². The van der Waals surface area contributed by atoms with Gasteiger partial charge < -0.3 is 15.2 Å². The van der Waals surface area contributed by atoms with Crippen molar-refractivity contribution in [2.45, 2.75) is 45.3 Å². The van der Waals surface area contributed by atoms with E-state index in [4.69, 9.17) is 15.2 Å². The Hall–Kier alpha value is -1.06. The average molecular weight is 277 g/mol. The van der Waals surface area contributed by atoms with Crippen LogP contribution in [0.3, 0.4) is 0 Å². The van der Waals surface area contributed by atoms with Crippen molar-refractivity contribution >= 4 is 0 Å². The first-order valence-corrected chi connectivity index (χ1v) is 7.72. The molecule has 0 spiro atoms. The van der Waals surface area contributed by atoms with Crippen molar-refractivity contribution in [2.24, 2.45) is 17.6 Å². The maximum Gasteiger partial charge on any atom is 0.119 e. The van der Waals surface area contributed by atoms with E-state index >= 15 is 0 Å². The highest BCUT2D eigenvalue weighted by Gasteiger charge is 2.30. The molecule has 3 atom stereocenters. The van der Waals surface area contributed by atoms with Gasteiger partial charge in [0.05, 0.1) is 12.7 Å². The highest BCUT2D eigenvalue weighted by molar-refractivity contribution is 5.20. The molecule has 0 radical (unpaired) electrons. The molecular weight excluding hydrogens is 250 g/mol. The number of benzene rings is 1. The SMILES string of the molecule is CC(C)C1CCC(N)C(OCCOc2ccccc2)C1. The van der Waals surface area contributed by atoms with Gasteiger partial charge in [0.1, 0.15) is 12.4 Å². The van der Waals surface area contributed by atoms with Crippen LogP contribution in [0.15, 0.2) is 30.3 Å². The van der Waals surface area contributed by atoms with Crippen molar-refractivity contribution < 1.29 is 9.47 Å². The maximum absolute atomic E-state index is 6.17. The minimum absolute atomic E-state index is 0.182. The molecule has 1 aromatic rings. The van der Waals surface area contributed by atoms with E-state index in [1.807, 2.05) is 30.3 Å². The van der Waals surface area contributed by atoms with Crippen LogP contribution in [0.5, 0.6) is 5.75 Å². The smallest absolute Gasteiger partial charge is 0.119 e. The summed E-state index contributed by atoms with van der Waals surface area (Å²) in [4.78, 5) is 0. The highest BCUT2D eigenvalue weighted by Crippen LogP contribution is 2.30. The predicted octanol–water partition coefficient (Wildman–Crippen LogP) is 3.23. The van der Waals surface area contributed by atoms with Crippen molar-refractivity contribution in [3.8, 4) is 5.75 Å². The third kappa shape index (κ3) is 4.50.